The summed E-state index contributed by atoms with van der Waals surface area (Å²) >= 11 is 5.88. The lowest BCUT2D eigenvalue weighted by atomic mass is 10.2. The van der Waals surface area contributed by atoms with Gasteiger partial charge >= 0.3 is 16.3 Å². The van der Waals surface area contributed by atoms with Gasteiger partial charge in [-0.3, -0.25) is 0 Å². The van der Waals surface area contributed by atoms with Crippen LogP contribution in [0.15, 0.2) is 48.5 Å². The molecule has 0 aromatic heterocycles. The second-order valence-corrected chi connectivity index (χ2v) is 5.45. The van der Waals surface area contributed by atoms with Crippen LogP contribution in [0.1, 0.15) is 10.4 Å². The van der Waals surface area contributed by atoms with Crippen molar-refractivity contribution in [1.29, 1.82) is 0 Å². The fourth-order valence-electron chi connectivity index (χ4n) is 1.52. The lowest BCUT2D eigenvalue weighted by Gasteiger charge is -2.09. The SMILES string of the molecule is NS(=O)(=O)Oc1ccccc1C(=O)Oc1ccccc1Cl. The third kappa shape index (κ3) is 4.19. The van der Waals surface area contributed by atoms with Crippen LogP contribution in [0.5, 0.6) is 11.5 Å². The second-order valence-electron chi connectivity index (χ2n) is 3.89. The van der Waals surface area contributed by atoms with Gasteiger partial charge in [-0.15, -0.1) is 0 Å². The minimum absolute atomic E-state index is 0.0913. The maximum absolute atomic E-state index is 12.1. The van der Waals surface area contributed by atoms with E-state index in [1.165, 1.54) is 30.3 Å². The first kappa shape index (κ1) is 15.3. The number of hydrogen-bond acceptors (Lipinski definition) is 5. The molecule has 0 unspecified atom stereocenters. The molecule has 21 heavy (non-hydrogen) atoms. The molecule has 8 heteroatoms. The molecule has 0 amide bonds. The number of esters is 1. The highest BCUT2D eigenvalue weighted by atomic mass is 35.5. The molecule has 2 N–H and O–H groups in total. The maximum Gasteiger partial charge on any atom is 0.380 e. The van der Waals surface area contributed by atoms with Crippen molar-refractivity contribution in [3.05, 3.63) is 59.1 Å². The summed E-state index contributed by atoms with van der Waals surface area (Å²) in [6.45, 7) is 0. The van der Waals surface area contributed by atoms with Crippen molar-refractivity contribution in [3.63, 3.8) is 0 Å². The predicted molar refractivity (Wildman–Crippen MR) is 76.6 cm³/mol. The molecule has 0 heterocycles. The van der Waals surface area contributed by atoms with Gasteiger partial charge in [-0.25, -0.2) is 4.79 Å². The van der Waals surface area contributed by atoms with E-state index in [1.807, 2.05) is 0 Å². The van der Waals surface area contributed by atoms with E-state index < -0.39 is 16.3 Å². The van der Waals surface area contributed by atoms with Crippen LogP contribution in [-0.2, 0) is 10.3 Å². The number of rotatable bonds is 4. The molecule has 0 saturated heterocycles. The highest BCUT2D eigenvalue weighted by Crippen LogP contribution is 2.26. The first-order chi connectivity index (χ1) is 9.87. The molecule has 0 bridgehead atoms. The normalized spacial score (nSPS) is 11.0. The molecule has 2 aromatic rings. The lowest BCUT2D eigenvalue weighted by molar-refractivity contribution is 0.0733. The molecule has 0 fully saturated rings. The maximum atomic E-state index is 12.1. The largest absolute Gasteiger partial charge is 0.421 e. The molecule has 0 atom stereocenters. The number of ether oxygens (including phenoxy) is 1. The molecule has 0 aliphatic rings. The Morgan fingerprint density at radius 3 is 2.19 bits per heavy atom. The van der Waals surface area contributed by atoms with Crippen molar-refractivity contribution in [2.45, 2.75) is 0 Å². The molecule has 110 valence electrons. The van der Waals surface area contributed by atoms with Crippen LogP contribution in [-0.4, -0.2) is 14.4 Å². The summed E-state index contributed by atoms with van der Waals surface area (Å²) < 4.78 is 31.6. The summed E-state index contributed by atoms with van der Waals surface area (Å²) in [6, 6.07) is 12.0. The highest BCUT2D eigenvalue weighted by Gasteiger charge is 2.18. The standard InChI is InChI=1S/C13H10ClNO5S/c14-10-6-2-4-8-12(10)19-13(16)9-5-1-3-7-11(9)20-21(15,17)18/h1-8H,(H2,15,17,18). The second kappa shape index (κ2) is 6.13. The van der Waals surface area contributed by atoms with Crippen LogP contribution < -0.4 is 14.1 Å². The summed E-state index contributed by atoms with van der Waals surface area (Å²) in [5, 5.41) is 5.04. The van der Waals surface area contributed by atoms with Gasteiger partial charge in [0.2, 0.25) is 0 Å². The lowest BCUT2D eigenvalue weighted by Crippen LogP contribution is -2.21. The van der Waals surface area contributed by atoms with E-state index in [0.717, 1.165) is 0 Å². The van der Waals surface area contributed by atoms with E-state index in [2.05, 4.69) is 4.18 Å². The average Bonchev–Trinajstić information content (AvgIpc) is 2.40. The smallest absolute Gasteiger partial charge is 0.380 e. The van der Waals surface area contributed by atoms with Gasteiger partial charge in [0, 0.05) is 0 Å². The molecule has 0 spiro atoms. The number of halogens is 1. The number of hydrogen-bond donors (Lipinski definition) is 1. The van der Waals surface area contributed by atoms with Gasteiger partial charge in [-0.2, -0.15) is 13.6 Å². The Morgan fingerprint density at radius 1 is 1.00 bits per heavy atom. The van der Waals surface area contributed by atoms with Crippen LogP contribution in [0.3, 0.4) is 0 Å². The first-order valence-corrected chi connectivity index (χ1v) is 7.50. The van der Waals surface area contributed by atoms with E-state index in [1.54, 1.807) is 18.2 Å². The molecule has 6 nitrogen and oxygen atoms in total. The molecule has 2 rings (SSSR count). The molecule has 2 aromatic carbocycles. The van der Waals surface area contributed by atoms with E-state index in [9.17, 15) is 13.2 Å². The van der Waals surface area contributed by atoms with E-state index in [4.69, 9.17) is 21.5 Å². The Bertz CT molecular complexity index is 776. The van der Waals surface area contributed by atoms with Gasteiger partial charge in [-0.05, 0) is 24.3 Å². The minimum Gasteiger partial charge on any atom is -0.421 e. The number of carbonyl (C=O) groups is 1. The fourth-order valence-corrected chi connectivity index (χ4v) is 2.09. The summed E-state index contributed by atoms with van der Waals surface area (Å²) in [4.78, 5) is 12.1. The van der Waals surface area contributed by atoms with Crippen LogP contribution in [0, 0.1) is 0 Å². The predicted octanol–water partition coefficient (Wildman–Crippen LogP) is 2.14. The van der Waals surface area contributed by atoms with Crippen molar-refractivity contribution < 1.29 is 22.1 Å². The van der Waals surface area contributed by atoms with Gasteiger partial charge in [0.05, 0.1) is 5.02 Å². The minimum atomic E-state index is -4.25. The Labute approximate surface area is 126 Å². The molecule has 0 aliphatic carbocycles. The third-order valence-corrected chi connectivity index (χ3v) is 3.08. The Morgan fingerprint density at radius 2 is 1.57 bits per heavy atom. The van der Waals surface area contributed by atoms with Crippen molar-refractivity contribution in [1.82, 2.24) is 0 Å². The average molecular weight is 328 g/mol. The number of benzene rings is 2. The third-order valence-electron chi connectivity index (χ3n) is 2.35. The summed E-state index contributed by atoms with van der Waals surface area (Å²) in [6.07, 6.45) is 0. The molecular weight excluding hydrogens is 318 g/mol. The van der Waals surface area contributed by atoms with E-state index in [-0.39, 0.29) is 22.1 Å². The number of carbonyl (C=O) groups excluding carboxylic acids is 1. The van der Waals surface area contributed by atoms with E-state index >= 15 is 0 Å². The Balaban J connectivity index is 2.30. The fraction of sp³-hybridized carbons (Fsp3) is 0. The molecule has 0 aliphatic heterocycles. The number of para-hydroxylation sites is 2. The van der Waals surface area contributed by atoms with Crippen LogP contribution in [0.25, 0.3) is 0 Å². The Kier molecular flexibility index (Phi) is 4.46. The Hall–Kier alpha value is -2.09. The quantitative estimate of drug-likeness (QED) is 0.685. The van der Waals surface area contributed by atoms with Crippen LogP contribution >= 0.6 is 11.6 Å². The van der Waals surface area contributed by atoms with Gasteiger partial charge in [0.15, 0.2) is 5.75 Å². The van der Waals surface area contributed by atoms with Gasteiger partial charge in [0.1, 0.15) is 11.3 Å². The van der Waals surface area contributed by atoms with Gasteiger partial charge in [-0.1, -0.05) is 35.9 Å². The van der Waals surface area contributed by atoms with Crippen molar-refractivity contribution in [2.75, 3.05) is 0 Å². The monoisotopic (exact) mass is 327 g/mol. The summed E-state index contributed by atoms with van der Waals surface area (Å²) in [5.41, 5.74) is -0.0913. The zero-order valence-electron chi connectivity index (χ0n) is 10.5. The molecule has 0 radical (unpaired) electrons. The van der Waals surface area contributed by atoms with Crippen molar-refractivity contribution >= 4 is 27.9 Å². The number of nitrogens with two attached hydrogens (primary N) is 1. The zero-order chi connectivity index (χ0) is 15.5. The van der Waals surface area contributed by atoms with Crippen LogP contribution in [0.2, 0.25) is 5.02 Å². The van der Waals surface area contributed by atoms with Gasteiger partial charge in [0.25, 0.3) is 0 Å². The molecule has 0 saturated carbocycles. The zero-order valence-corrected chi connectivity index (χ0v) is 12.1. The van der Waals surface area contributed by atoms with E-state index in [0.29, 0.717) is 0 Å². The van der Waals surface area contributed by atoms with Crippen molar-refractivity contribution in [2.24, 2.45) is 5.14 Å². The van der Waals surface area contributed by atoms with Gasteiger partial charge < -0.3 is 8.92 Å². The molecular formula is C13H10ClNO5S. The van der Waals surface area contributed by atoms with Crippen LogP contribution in [0.4, 0.5) is 0 Å². The topological polar surface area (TPSA) is 95.7 Å². The van der Waals surface area contributed by atoms with Crippen molar-refractivity contribution in [3.8, 4) is 11.5 Å². The highest BCUT2D eigenvalue weighted by molar-refractivity contribution is 7.84. The summed E-state index contributed by atoms with van der Waals surface area (Å²) in [5.74, 6) is -0.894. The first-order valence-electron chi connectivity index (χ1n) is 5.65. The summed E-state index contributed by atoms with van der Waals surface area (Å²) in [7, 11) is -4.25.